The third-order valence-electron chi connectivity index (χ3n) is 2.18. The van der Waals surface area contributed by atoms with E-state index in [1.807, 2.05) is 11.8 Å². The molecule has 0 aromatic carbocycles. The summed E-state index contributed by atoms with van der Waals surface area (Å²) in [5.41, 5.74) is 6.92. The molecule has 0 saturated heterocycles. The van der Waals surface area contributed by atoms with Crippen molar-refractivity contribution in [2.45, 2.75) is 6.92 Å². The number of aliphatic hydroxyl groups excluding tert-OH is 1. The zero-order chi connectivity index (χ0) is 11.3. The summed E-state index contributed by atoms with van der Waals surface area (Å²) in [5, 5.41) is 16.3. The maximum absolute atomic E-state index is 8.91. The highest BCUT2D eigenvalue weighted by molar-refractivity contribution is 6.00. The molecule has 0 aliphatic carbocycles. The summed E-state index contributed by atoms with van der Waals surface area (Å²) in [6.45, 7) is 3.31. The van der Waals surface area contributed by atoms with Crippen LogP contribution in [0.2, 0.25) is 0 Å². The molecule has 0 spiro atoms. The van der Waals surface area contributed by atoms with E-state index in [2.05, 4.69) is 4.98 Å². The molecule has 0 aliphatic rings. The van der Waals surface area contributed by atoms with Crippen LogP contribution in [-0.2, 0) is 0 Å². The third-order valence-corrected chi connectivity index (χ3v) is 2.18. The zero-order valence-electron chi connectivity index (χ0n) is 8.77. The van der Waals surface area contributed by atoms with Crippen LogP contribution in [0.15, 0.2) is 18.5 Å². The number of aliphatic hydroxyl groups is 1. The number of pyridine rings is 1. The van der Waals surface area contributed by atoms with Crippen LogP contribution in [0.3, 0.4) is 0 Å². The molecule has 0 unspecified atom stereocenters. The molecule has 5 nitrogen and oxygen atoms in total. The van der Waals surface area contributed by atoms with Crippen molar-refractivity contribution in [2.24, 2.45) is 5.73 Å². The van der Waals surface area contributed by atoms with Gasteiger partial charge in [-0.2, -0.15) is 0 Å². The predicted octanol–water partition coefficient (Wildman–Crippen LogP) is 0.184. The zero-order valence-corrected chi connectivity index (χ0v) is 8.77. The second-order valence-corrected chi connectivity index (χ2v) is 3.11. The Balaban J connectivity index is 3.04. The average molecular weight is 208 g/mol. The summed E-state index contributed by atoms with van der Waals surface area (Å²) in [5.74, 6) is 0.0174. The summed E-state index contributed by atoms with van der Waals surface area (Å²) >= 11 is 0. The van der Waals surface area contributed by atoms with Gasteiger partial charge in [-0.25, -0.2) is 0 Å². The summed E-state index contributed by atoms with van der Waals surface area (Å²) in [6.07, 6.45) is 3.27. The molecule has 82 valence electrons. The first-order valence-corrected chi connectivity index (χ1v) is 4.85. The van der Waals surface area contributed by atoms with Gasteiger partial charge in [0.15, 0.2) is 0 Å². The molecule has 1 heterocycles. The van der Waals surface area contributed by atoms with Crippen LogP contribution in [-0.4, -0.2) is 35.6 Å². The number of nitrogens with zero attached hydrogens (tertiary/aromatic N) is 2. The quantitative estimate of drug-likeness (QED) is 0.476. The van der Waals surface area contributed by atoms with Crippen LogP contribution in [0.4, 0.5) is 5.69 Å². The predicted molar refractivity (Wildman–Crippen MR) is 60.2 cm³/mol. The Morgan fingerprint density at radius 3 is 2.93 bits per heavy atom. The molecule has 1 aromatic rings. The molecule has 0 amide bonds. The first-order chi connectivity index (χ1) is 7.20. The molecule has 1 aromatic heterocycles. The van der Waals surface area contributed by atoms with E-state index in [0.717, 1.165) is 12.2 Å². The fourth-order valence-electron chi connectivity index (χ4n) is 1.44. The van der Waals surface area contributed by atoms with E-state index in [9.17, 15) is 0 Å². The second kappa shape index (κ2) is 5.31. The highest BCUT2D eigenvalue weighted by Crippen LogP contribution is 2.17. The number of rotatable bonds is 5. The second-order valence-electron chi connectivity index (χ2n) is 3.11. The smallest absolute Gasteiger partial charge is 0.125 e. The van der Waals surface area contributed by atoms with Gasteiger partial charge in [0.25, 0.3) is 0 Å². The minimum atomic E-state index is 0.0174. The van der Waals surface area contributed by atoms with Crippen LogP contribution in [0, 0.1) is 5.41 Å². The molecule has 1 rings (SSSR count). The van der Waals surface area contributed by atoms with E-state index < -0.39 is 0 Å². The largest absolute Gasteiger partial charge is 0.395 e. The van der Waals surface area contributed by atoms with E-state index in [1.54, 1.807) is 18.5 Å². The third kappa shape index (κ3) is 2.66. The number of hydrogen-bond donors (Lipinski definition) is 3. The molecule has 0 radical (unpaired) electrons. The lowest BCUT2D eigenvalue weighted by Crippen LogP contribution is -2.29. The van der Waals surface area contributed by atoms with Gasteiger partial charge in [0.2, 0.25) is 0 Å². The Kier molecular flexibility index (Phi) is 4.05. The fraction of sp³-hybridized carbons (Fsp3) is 0.400. The van der Waals surface area contributed by atoms with Gasteiger partial charge in [-0.3, -0.25) is 10.4 Å². The lowest BCUT2D eigenvalue weighted by molar-refractivity contribution is 0.302. The number of aromatic nitrogens is 1. The van der Waals surface area contributed by atoms with Gasteiger partial charge in [-0.1, -0.05) is 0 Å². The SMILES string of the molecule is CCN(CCO)c1cnccc1C(=N)N. The molecular weight excluding hydrogens is 192 g/mol. The fourth-order valence-corrected chi connectivity index (χ4v) is 1.44. The number of nitrogens with two attached hydrogens (primary N) is 1. The number of nitrogen functional groups attached to an aromatic ring is 1. The number of anilines is 1. The van der Waals surface area contributed by atoms with Gasteiger partial charge in [-0.15, -0.1) is 0 Å². The van der Waals surface area contributed by atoms with Crippen molar-refractivity contribution in [1.82, 2.24) is 4.98 Å². The maximum Gasteiger partial charge on any atom is 0.125 e. The monoisotopic (exact) mass is 208 g/mol. The maximum atomic E-state index is 8.91. The van der Waals surface area contributed by atoms with Crippen molar-refractivity contribution >= 4 is 11.5 Å². The van der Waals surface area contributed by atoms with Crippen molar-refractivity contribution in [3.05, 3.63) is 24.0 Å². The Bertz CT molecular complexity index is 340. The van der Waals surface area contributed by atoms with Gasteiger partial charge >= 0.3 is 0 Å². The Morgan fingerprint density at radius 2 is 2.40 bits per heavy atom. The van der Waals surface area contributed by atoms with Crippen LogP contribution in [0.1, 0.15) is 12.5 Å². The van der Waals surface area contributed by atoms with E-state index in [1.165, 1.54) is 0 Å². The Morgan fingerprint density at radius 1 is 1.67 bits per heavy atom. The lowest BCUT2D eigenvalue weighted by atomic mass is 10.2. The summed E-state index contributed by atoms with van der Waals surface area (Å²) in [6, 6.07) is 1.71. The van der Waals surface area contributed by atoms with E-state index in [4.69, 9.17) is 16.2 Å². The minimum Gasteiger partial charge on any atom is -0.395 e. The molecule has 0 aliphatic heterocycles. The average Bonchev–Trinajstić information content (AvgIpc) is 2.26. The molecule has 0 bridgehead atoms. The topological polar surface area (TPSA) is 86.2 Å². The van der Waals surface area contributed by atoms with Crippen molar-refractivity contribution in [1.29, 1.82) is 5.41 Å². The number of amidine groups is 1. The van der Waals surface area contributed by atoms with Crippen LogP contribution in [0.25, 0.3) is 0 Å². The normalized spacial score (nSPS) is 10.0. The standard InChI is InChI=1S/C10H16N4O/c1-2-14(5-6-15)9-7-13-4-3-8(9)10(11)12/h3-4,7,15H,2,5-6H2,1H3,(H3,11,12). The summed E-state index contributed by atoms with van der Waals surface area (Å²) < 4.78 is 0. The van der Waals surface area contributed by atoms with Gasteiger partial charge in [0.1, 0.15) is 5.84 Å². The Hall–Kier alpha value is -1.62. The first-order valence-electron chi connectivity index (χ1n) is 4.85. The number of hydrogen-bond acceptors (Lipinski definition) is 4. The van der Waals surface area contributed by atoms with E-state index in [0.29, 0.717) is 12.1 Å². The van der Waals surface area contributed by atoms with Crippen LogP contribution < -0.4 is 10.6 Å². The summed E-state index contributed by atoms with van der Waals surface area (Å²) in [7, 11) is 0. The van der Waals surface area contributed by atoms with Crippen LogP contribution >= 0.6 is 0 Å². The van der Waals surface area contributed by atoms with Crippen molar-refractivity contribution in [3.63, 3.8) is 0 Å². The van der Waals surface area contributed by atoms with Crippen LogP contribution in [0.5, 0.6) is 0 Å². The van der Waals surface area contributed by atoms with Gasteiger partial charge < -0.3 is 15.7 Å². The molecule has 0 saturated carbocycles. The van der Waals surface area contributed by atoms with Gasteiger partial charge in [0, 0.05) is 24.8 Å². The minimum absolute atomic E-state index is 0.0174. The van der Waals surface area contributed by atoms with Crippen molar-refractivity contribution in [2.75, 3.05) is 24.6 Å². The van der Waals surface area contributed by atoms with Crippen molar-refractivity contribution < 1.29 is 5.11 Å². The highest BCUT2D eigenvalue weighted by atomic mass is 16.3. The summed E-state index contributed by atoms with van der Waals surface area (Å²) in [4.78, 5) is 5.94. The molecule has 15 heavy (non-hydrogen) atoms. The van der Waals surface area contributed by atoms with E-state index in [-0.39, 0.29) is 12.4 Å². The number of nitrogens with one attached hydrogen (secondary N) is 1. The first kappa shape index (κ1) is 11.5. The molecule has 5 heteroatoms. The highest BCUT2D eigenvalue weighted by Gasteiger charge is 2.10. The molecule has 0 atom stereocenters. The Labute approximate surface area is 89.1 Å². The van der Waals surface area contributed by atoms with Crippen molar-refractivity contribution in [3.8, 4) is 0 Å². The van der Waals surface area contributed by atoms with E-state index >= 15 is 0 Å². The van der Waals surface area contributed by atoms with Gasteiger partial charge in [0.05, 0.1) is 18.5 Å². The number of likely N-dealkylation sites (N-methyl/N-ethyl adjacent to an activating group) is 1. The van der Waals surface area contributed by atoms with Gasteiger partial charge in [-0.05, 0) is 13.0 Å². The molecule has 0 fully saturated rings. The lowest BCUT2D eigenvalue weighted by Gasteiger charge is -2.23. The molecular formula is C10H16N4O. The molecule has 4 N–H and O–H groups in total.